The highest BCUT2D eigenvalue weighted by molar-refractivity contribution is 6.15. The maximum absolute atomic E-state index is 12.3. The van der Waals surface area contributed by atoms with Crippen LogP contribution >= 0.6 is 0 Å². The van der Waals surface area contributed by atoms with Crippen LogP contribution in [0.15, 0.2) is 29.0 Å². The van der Waals surface area contributed by atoms with E-state index in [1.165, 1.54) is 13.5 Å². The molecule has 5 heteroatoms. The third-order valence-corrected chi connectivity index (χ3v) is 3.35. The molecule has 1 aromatic heterocycles. The van der Waals surface area contributed by atoms with Crippen LogP contribution in [-0.2, 0) is 9.53 Å². The number of nitrogens with zero attached hydrogens (tertiary/aromatic N) is 1. The van der Waals surface area contributed by atoms with Gasteiger partial charge < -0.3 is 9.15 Å². The highest BCUT2D eigenvalue weighted by Crippen LogP contribution is 2.49. The van der Waals surface area contributed by atoms with Gasteiger partial charge in [0.25, 0.3) is 0 Å². The second kappa shape index (κ2) is 3.66. The largest absolute Gasteiger partial charge is 0.468 e. The third-order valence-electron chi connectivity index (χ3n) is 3.35. The first-order valence-electron chi connectivity index (χ1n) is 5.64. The number of aromatic nitrogens is 1. The van der Waals surface area contributed by atoms with Crippen molar-refractivity contribution in [2.45, 2.75) is 12.8 Å². The Hall–Kier alpha value is -2.17. The number of fused-ring (bicyclic) bond motifs is 1. The number of carbonyl (C=O) groups is 2. The number of rotatable bonds is 3. The summed E-state index contributed by atoms with van der Waals surface area (Å²) < 4.78 is 9.85. The average Bonchev–Trinajstić information content (AvgIpc) is 3.08. The molecule has 5 nitrogen and oxygen atoms in total. The molecule has 0 N–H and O–H groups in total. The molecule has 0 spiro atoms. The summed E-state index contributed by atoms with van der Waals surface area (Å²) in [7, 11) is 1.30. The molecule has 1 fully saturated rings. The zero-order valence-corrected chi connectivity index (χ0v) is 9.80. The lowest BCUT2D eigenvalue weighted by atomic mass is 9.94. The number of benzene rings is 1. The summed E-state index contributed by atoms with van der Waals surface area (Å²) in [5, 5.41) is 0. The van der Waals surface area contributed by atoms with Crippen LogP contribution in [0.2, 0.25) is 0 Å². The Kier molecular flexibility index (Phi) is 2.23. The Labute approximate surface area is 103 Å². The molecule has 18 heavy (non-hydrogen) atoms. The molecular formula is C13H11NO4. The number of methoxy groups -OCH3 is 1. The fourth-order valence-electron chi connectivity index (χ4n) is 2.12. The van der Waals surface area contributed by atoms with Crippen LogP contribution in [-0.4, -0.2) is 23.8 Å². The molecule has 3 rings (SSSR count). The van der Waals surface area contributed by atoms with E-state index in [0.29, 0.717) is 29.5 Å². The van der Waals surface area contributed by atoms with Crippen LogP contribution in [0.25, 0.3) is 11.1 Å². The fourth-order valence-corrected chi connectivity index (χ4v) is 2.12. The van der Waals surface area contributed by atoms with Crippen molar-refractivity contribution in [1.82, 2.24) is 4.98 Å². The van der Waals surface area contributed by atoms with Crippen molar-refractivity contribution in [3.8, 4) is 0 Å². The van der Waals surface area contributed by atoms with E-state index in [2.05, 4.69) is 4.98 Å². The van der Waals surface area contributed by atoms with Crippen molar-refractivity contribution in [2.75, 3.05) is 7.11 Å². The lowest BCUT2D eigenvalue weighted by Gasteiger charge is -2.10. The van der Waals surface area contributed by atoms with Crippen molar-refractivity contribution in [1.29, 1.82) is 0 Å². The van der Waals surface area contributed by atoms with Gasteiger partial charge in [-0.3, -0.25) is 9.59 Å². The number of oxazole rings is 1. The van der Waals surface area contributed by atoms with Gasteiger partial charge in [0, 0.05) is 5.56 Å². The number of hydrogen-bond acceptors (Lipinski definition) is 5. The van der Waals surface area contributed by atoms with Crippen LogP contribution in [0.4, 0.5) is 0 Å². The topological polar surface area (TPSA) is 69.4 Å². The van der Waals surface area contributed by atoms with E-state index in [1.54, 1.807) is 18.2 Å². The van der Waals surface area contributed by atoms with Crippen LogP contribution in [0.5, 0.6) is 0 Å². The van der Waals surface area contributed by atoms with Gasteiger partial charge in [0.2, 0.25) is 0 Å². The Balaban J connectivity index is 1.99. The number of carbonyl (C=O) groups excluding carboxylic acids is 2. The number of Topliss-reactive ketones (excluding diaryl/α,β-unsaturated/α-hetero) is 1. The highest BCUT2D eigenvalue weighted by Gasteiger charge is 2.57. The van der Waals surface area contributed by atoms with Gasteiger partial charge in [0.05, 0.1) is 7.11 Å². The minimum atomic E-state index is -0.970. The van der Waals surface area contributed by atoms with Crippen molar-refractivity contribution in [3.63, 3.8) is 0 Å². The molecule has 1 heterocycles. The van der Waals surface area contributed by atoms with E-state index < -0.39 is 11.4 Å². The summed E-state index contributed by atoms with van der Waals surface area (Å²) >= 11 is 0. The second-order valence-electron chi connectivity index (χ2n) is 4.44. The van der Waals surface area contributed by atoms with Crippen molar-refractivity contribution < 1.29 is 18.7 Å². The van der Waals surface area contributed by atoms with E-state index in [0.717, 1.165) is 0 Å². The summed E-state index contributed by atoms with van der Waals surface area (Å²) in [6, 6.07) is 4.99. The molecule has 0 radical (unpaired) electrons. The molecule has 0 aliphatic heterocycles. The molecule has 1 aliphatic rings. The van der Waals surface area contributed by atoms with Crippen molar-refractivity contribution in [2.24, 2.45) is 5.41 Å². The predicted octanol–water partition coefficient (Wildman–Crippen LogP) is 1.96. The van der Waals surface area contributed by atoms with E-state index in [4.69, 9.17) is 9.15 Å². The minimum Gasteiger partial charge on any atom is -0.468 e. The third kappa shape index (κ3) is 1.44. The molecule has 1 aromatic carbocycles. The summed E-state index contributed by atoms with van der Waals surface area (Å²) in [6.45, 7) is 0. The van der Waals surface area contributed by atoms with E-state index in [9.17, 15) is 9.59 Å². The highest BCUT2D eigenvalue weighted by atomic mass is 16.5. The maximum Gasteiger partial charge on any atom is 0.319 e. The fraction of sp³-hybridized carbons (Fsp3) is 0.308. The number of esters is 1. The predicted molar refractivity (Wildman–Crippen MR) is 62.0 cm³/mol. The summed E-state index contributed by atoms with van der Waals surface area (Å²) in [5.41, 5.74) is 0.723. The average molecular weight is 245 g/mol. The zero-order chi connectivity index (χ0) is 12.8. The quantitative estimate of drug-likeness (QED) is 0.469. The van der Waals surface area contributed by atoms with Crippen LogP contribution in [0.1, 0.15) is 23.2 Å². The smallest absolute Gasteiger partial charge is 0.319 e. The van der Waals surface area contributed by atoms with Crippen LogP contribution in [0, 0.1) is 5.41 Å². The molecule has 1 saturated carbocycles. The van der Waals surface area contributed by atoms with Gasteiger partial charge in [0.15, 0.2) is 17.8 Å². The Bertz CT molecular complexity index is 639. The van der Waals surface area contributed by atoms with Gasteiger partial charge in [-0.25, -0.2) is 4.98 Å². The number of ether oxygens (including phenoxy) is 1. The standard InChI is InChI=1S/C13H11NO4/c1-17-12(16)13(4-5-13)11(15)8-2-3-9-10(6-8)18-7-14-9/h2-3,6-7H,4-5H2,1H3. The summed E-state index contributed by atoms with van der Waals surface area (Å²) in [5.74, 6) is -0.655. The lowest BCUT2D eigenvalue weighted by molar-refractivity contribution is -0.145. The molecule has 1 aliphatic carbocycles. The lowest BCUT2D eigenvalue weighted by Crippen LogP contribution is -2.27. The van der Waals surface area contributed by atoms with Gasteiger partial charge in [0.1, 0.15) is 10.9 Å². The SMILES string of the molecule is COC(=O)C1(C(=O)c2ccc3ncoc3c2)CC1. The molecule has 0 bridgehead atoms. The molecular weight excluding hydrogens is 234 g/mol. The first kappa shape index (κ1) is 11.0. The van der Waals surface area contributed by atoms with E-state index in [-0.39, 0.29) is 5.78 Å². The Morgan fingerprint density at radius 2 is 2.17 bits per heavy atom. The molecule has 92 valence electrons. The Morgan fingerprint density at radius 1 is 1.39 bits per heavy atom. The normalized spacial score (nSPS) is 16.5. The molecule has 0 amide bonds. The second-order valence-corrected chi connectivity index (χ2v) is 4.44. The maximum atomic E-state index is 12.3. The molecule has 0 saturated heterocycles. The van der Waals surface area contributed by atoms with Crippen molar-refractivity contribution in [3.05, 3.63) is 30.2 Å². The van der Waals surface area contributed by atoms with Crippen LogP contribution < -0.4 is 0 Å². The van der Waals surface area contributed by atoms with Crippen LogP contribution in [0.3, 0.4) is 0 Å². The number of ketones is 1. The van der Waals surface area contributed by atoms with Gasteiger partial charge in [-0.1, -0.05) is 0 Å². The summed E-state index contributed by atoms with van der Waals surface area (Å²) in [6.07, 6.45) is 2.42. The van der Waals surface area contributed by atoms with Gasteiger partial charge >= 0.3 is 5.97 Å². The zero-order valence-electron chi connectivity index (χ0n) is 9.80. The molecule has 2 aromatic rings. The van der Waals surface area contributed by atoms with Gasteiger partial charge in [-0.05, 0) is 31.0 Å². The van der Waals surface area contributed by atoms with Gasteiger partial charge in [-0.15, -0.1) is 0 Å². The van der Waals surface area contributed by atoms with Crippen molar-refractivity contribution >= 4 is 22.9 Å². The first-order valence-corrected chi connectivity index (χ1v) is 5.64. The van der Waals surface area contributed by atoms with E-state index >= 15 is 0 Å². The molecule has 0 unspecified atom stereocenters. The van der Waals surface area contributed by atoms with Gasteiger partial charge in [-0.2, -0.15) is 0 Å². The monoisotopic (exact) mass is 245 g/mol. The minimum absolute atomic E-state index is 0.201. The number of hydrogen-bond donors (Lipinski definition) is 0. The Morgan fingerprint density at radius 3 is 2.83 bits per heavy atom. The summed E-state index contributed by atoms with van der Waals surface area (Å²) in [4.78, 5) is 28.0. The first-order chi connectivity index (χ1) is 8.67. The van der Waals surface area contributed by atoms with E-state index in [1.807, 2.05) is 0 Å². The molecule has 0 atom stereocenters.